The van der Waals surface area contributed by atoms with Crippen molar-refractivity contribution < 1.29 is 14.3 Å². The molecule has 1 aliphatic heterocycles. The summed E-state index contributed by atoms with van der Waals surface area (Å²) < 4.78 is 5.40. The molecule has 1 aromatic rings. The van der Waals surface area contributed by atoms with Gasteiger partial charge in [-0.25, -0.2) is 4.99 Å². The highest BCUT2D eigenvalue weighted by Crippen LogP contribution is 2.10. The second kappa shape index (κ2) is 13.4. The van der Waals surface area contributed by atoms with Crippen LogP contribution in [-0.4, -0.2) is 76.7 Å². The summed E-state index contributed by atoms with van der Waals surface area (Å²) in [6, 6.07) is 7.55. The fourth-order valence-corrected chi connectivity index (χ4v) is 2.79. The van der Waals surface area contributed by atoms with E-state index in [2.05, 4.69) is 20.9 Å². The lowest BCUT2D eigenvalue weighted by Crippen LogP contribution is -2.41. The van der Waals surface area contributed by atoms with Gasteiger partial charge in [-0.2, -0.15) is 0 Å². The van der Waals surface area contributed by atoms with E-state index >= 15 is 0 Å². The first-order valence-electron chi connectivity index (χ1n) is 9.60. The normalized spacial score (nSPS) is 16.0. The van der Waals surface area contributed by atoms with Crippen LogP contribution in [-0.2, 0) is 16.0 Å². The van der Waals surface area contributed by atoms with Crippen LogP contribution in [0.2, 0.25) is 0 Å². The first-order valence-corrected chi connectivity index (χ1v) is 9.60. The second-order valence-electron chi connectivity index (χ2n) is 7.02. The topological polar surface area (TPSA) is 95.1 Å². The van der Waals surface area contributed by atoms with Crippen molar-refractivity contribution in [3.05, 3.63) is 35.4 Å². The van der Waals surface area contributed by atoms with Crippen LogP contribution in [0.3, 0.4) is 0 Å². The van der Waals surface area contributed by atoms with Crippen molar-refractivity contribution in [3.63, 3.8) is 0 Å². The minimum absolute atomic E-state index is 0. The van der Waals surface area contributed by atoms with Gasteiger partial charge in [-0.1, -0.05) is 12.1 Å². The van der Waals surface area contributed by atoms with Crippen LogP contribution >= 0.6 is 24.0 Å². The number of halogens is 1. The van der Waals surface area contributed by atoms with Gasteiger partial charge in [0.1, 0.15) is 6.54 Å². The molecule has 1 heterocycles. The maximum Gasteiger partial charge on any atom is 0.251 e. The number of carbonyl (C=O) groups is 2. The average Bonchev–Trinajstić information content (AvgIpc) is 3.22. The fourth-order valence-electron chi connectivity index (χ4n) is 2.79. The van der Waals surface area contributed by atoms with E-state index in [1.807, 2.05) is 18.2 Å². The third kappa shape index (κ3) is 8.99. The molecule has 1 atom stereocenters. The van der Waals surface area contributed by atoms with Gasteiger partial charge < -0.3 is 25.6 Å². The number of hydrogen-bond donors (Lipinski definition) is 3. The van der Waals surface area contributed by atoms with Gasteiger partial charge in [0.25, 0.3) is 5.91 Å². The molecule has 1 saturated heterocycles. The van der Waals surface area contributed by atoms with Crippen LogP contribution in [0, 0.1) is 5.92 Å². The molecule has 29 heavy (non-hydrogen) atoms. The lowest BCUT2D eigenvalue weighted by Gasteiger charge is -2.16. The standard InChI is InChI=1S/C20H31N5O3.HI/c1-21-19(27)17-6-4-5-15(11-17)7-9-22-20(24-13-18(26)25(2)3)23-12-16-8-10-28-14-16;/h4-6,11,16H,7-10,12-14H2,1-3H3,(H,21,27)(H2,22,23,24);1H. The minimum Gasteiger partial charge on any atom is -0.381 e. The number of ether oxygens (including phenoxy) is 1. The Morgan fingerprint density at radius 2 is 2.07 bits per heavy atom. The third-order valence-corrected chi connectivity index (χ3v) is 4.58. The molecular weight excluding hydrogens is 485 g/mol. The Morgan fingerprint density at radius 1 is 1.28 bits per heavy atom. The van der Waals surface area contributed by atoms with E-state index in [4.69, 9.17) is 4.74 Å². The molecule has 1 aliphatic rings. The Morgan fingerprint density at radius 3 is 2.72 bits per heavy atom. The van der Waals surface area contributed by atoms with E-state index in [1.165, 1.54) is 4.90 Å². The monoisotopic (exact) mass is 517 g/mol. The van der Waals surface area contributed by atoms with Crippen LogP contribution in [0.25, 0.3) is 0 Å². The van der Waals surface area contributed by atoms with Gasteiger partial charge in [0.2, 0.25) is 5.91 Å². The largest absolute Gasteiger partial charge is 0.381 e. The van der Waals surface area contributed by atoms with Crippen molar-refractivity contribution in [1.29, 1.82) is 0 Å². The van der Waals surface area contributed by atoms with Crippen LogP contribution < -0.4 is 16.0 Å². The highest BCUT2D eigenvalue weighted by Gasteiger charge is 2.16. The molecule has 1 fully saturated rings. The number of rotatable bonds is 8. The van der Waals surface area contributed by atoms with E-state index in [9.17, 15) is 9.59 Å². The first kappa shape index (κ1) is 25.2. The molecule has 2 amide bonds. The molecule has 3 N–H and O–H groups in total. The van der Waals surface area contributed by atoms with E-state index in [0.717, 1.165) is 38.2 Å². The predicted octanol–water partition coefficient (Wildman–Crippen LogP) is 0.867. The molecule has 162 valence electrons. The number of nitrogens with one attached hydrogen (secondary N) is 3. The van der Waals surface area contributed by atoms with E-state index in [0.29, 0.717) is 24.0 Å². The van der Waals surface area contributed by atoms with Gasteiger partial charge in [-0.05, 0) is 30.5 Å². The molecule has 0 spiro atoms. The minimum atomic E-state index is -0.0975. The Bertz CT molecular complexity index is 690. The number of amides is 2. The number of carbonyl (C=O) groups excluding carboxylic acids is 2. The fraction of sp³-hybridized carbons (Fsp3) is 0.550. The zero-order valence-electron chi connectivity index (χ0n) is 17.4. The smallest absolute Gasteiger partial charge is 0.251 e. The molecule has 9 heteroatoms. The maximum absolute atomic E-state index is 11.8. The zero-order valence-corrected chi connectivity index (χ0v) is 19.7. The molecule has 1 unspecified atom stereocenters. The van der Waals surface area contributed by atoms with Gasteiger partial charge in [0.05, 0.1) is 6.61 Å². The molecule has 8 nitrogen and oxygen atoms in total. The number of nitrogens with zero attached hydrogens (tertiary/aromatic N) is 2. The Labute approximate surface area is 189 Å². The SMILES string of the molecule is CNC(=O)c1cccc(CCNC(=NCC(=O)N(C)C)NCC2CCOC2)c1.I. The Balaban J connectivity index is 0.00000420. The van der Waals surface area contributed by atoms with Crippen molar-refractivity contribution in [3.8, 4) is 0 Å². The Hall–Kier alpha value is -1.88. The number of benzene rings is 1. The number of hydrogen-bond acceptors (Lipinski definition) is 4. The summed E-state index contributed by atoms with van der Waals surface area (Å²) in [5.74, 6) is 0.925. The molecular formula is C20H32IN5O3. The molecule has 0 aliphatic carbocycles. The quantitative estimate of drug-likeness (QED) is 0.270. The molecule has 0 bridgehead atoms. The van der Waals surface area contributed by atoms with Crippen molar-refractivity contribution in [2.45, 2.75) is 12.8 Å². The highest BCUT2D eigenvalue weighted by atomic mass is 127. The van der Waals surface area contributed by atoms with Crippen LogP contribution in [0.1, 0.15) is 22.3 Å². The summed E-state index contributed by atoms with van der Waals surface area (Å²) in [4.78, 5) is 29.5. The highest BCUT2D eigenvalue weighted by molar-refractivity contribution is 14.0. The molecule has 0 saturated carbocycles. The maximum atomic E-state index is 11.8. The first-order chi connectivity index (χ1) is 13.5. The van der Waals surface area contributed by atoms with Crippen molar-refractivity contribution >= 4 is 41.8 Å². The Kier molecular flexibility index (Phi) is 11.6. The van der Waals surface area contributed by atoms with E-state index < -0.39 is 0 Å². The molecule has 2 rings (SSSR count). The predicted molar refractivity (Wildman–Crippen MR) is 125 cm³/mol. The summed E-state index contributed by atoms with van der Waals surface area (Å²) in [6.07, 6.45) is 1.77. The van der Waals surface area contributed by atoms with Gasteiger partial charge in [0, 0.05) is 52.3 Å². The second-order valence-corrected chi connectivity index (χ2v) is 7.02. The molecule has 1 aromatic carbocycles. The lowest BCUT2D eigenvalue weighted by atomic mass is 10.1. The van der Waals surface area contributed by atoms with Crippen molar-refractivity contribution in [2.24, 2.45) is 10.9 Å². The van der Waals surface area contributed by atoms with E-state index in [1.54, 1.807) is 27.2 Å². The summed E-state index contributed by atoms with van der Waals surface area (Å²) in [5.41, 5.74) is 1.70. The van der Waals surface area contributed by atoms with Crippen LogP contribution in [0.15, 0.2) is 29.3 Å². The van der Waals surface area contributed by atoms with Gasteiger partial charge in [-0.3, -0.25) is 9.59 Å². The van der Waals surface area contributed by atoms with Gasteiger partial charge in [0.15, 0.2) is 5.96 Å². The zero-order chi connectivity index (χ0) is 20.4. The molecule has 0 radical (unpaired) electrons. The van der Waals surface area contributed by atoms with Crippen molar-refractivity contribution in [2.75, 3.05) is 54.0 Å². The third-order valence-electron chi connectivity index (χ3n) is 4.58. The van der Waals surface area contributed by atoms with Crippen LogP contribution in [0.5, 0.6) is 0 Å². The summed E-state index contributed by atoms with van der Waals surface area (Å²) in [6.45, 7) is 3.04. The number of guanidine groups is 1. The number of aliphatic imine (C=N–C) groups is 1. The van der Waals surface area contributed by atoms with E-state index in [-0.39, 0.29) is 42.3 Å². The summed E-state index contributed by atoms with van der Waals surface area (Å²) in [7, 11) is 5.05. The lowest BCUT2D eigenvalue weighted by molar-refractivity contribution is -0.127. The summed E-state index contributed by atoms with van der Waals surface area (Å²) in [5, 5.41) is 9.21. The summed E-state index contributed by atoms with van der Waals surface area (Å²) >= 11 is 0. The molecule has 0 aromatic heterocycles. The number of likely N-dealkylation sites (N-methyl/N-ethyl adjacent to an activating group) is 1. The average molecular weight is 517 g/mol. The van der Waals surface area contributed by atoms with Crippen molar-refractivity contribution in [1.82, 2.24) is 20.9 Å². The van der Waals surface area contributed by atoms with Crippen LogP contribution in [0.4, 0.5) is 0 Å². The van der Waals surface area contributed by atoms with Gasteiger partial charge in [-0.15, -0.1) is 24.0 Å². The van der Waals surface area contributed by atoms with Gasteiger partial charge >= 0.3 is 0 Å².